The number of carbonyl (C=O) groups excluding carboxylic acids is 1. The molecule has 0 unspecified atom stereocenters. The van der Waals surface area contributed by atoms with Gasteiger partial charge in [-0.25, -0.2) is 0 Å². The second kappa shape index (κ2) is 5.86. The van der Waals surface area contributed by atoms with Crippen molar-refractivity contribution in [3.63, 3.8) is 0 Å². The number of nitrogens with two attached hydrogens (primary N) is 1. The highest BCUT2D eigenvalue weighted by atomic mass is 79.9. The number of amides is 1. The fourth-order valence-corrected chi connectivity index (χ4v) is 3.45. The summed E-state index contributed by atoms with van der Waals surface area (Å²) in [5, 5.41) is 2.73. The zero-order chi connectivity index (χ0) is 17.5. The van der Waals surface area contributed by atoms with Gasteiger partial charge in [-0.3, -0.25) is 14.3 Å². The number of aromatic amines is 1. The maximum Gasteiger partial charge on any atom is 0.289 e. The number of carbonyl (C=O) groups is 1. The summed E-state index contributed by atoms with van der Waals surface area (Å²) < 4.78 is 36.8. The summed E-state index contributed by atoms with van der Waals surface area (Å²) in [7, 11) is -4.15. The molecule has 1 atom stereocenters. The van der Waals surface area contributed by atoms with Gasteiger partial charge >= 0.3 is 0 Å². The maximum atomic E-state index is 12.2. The number of fused-ring (bicyclic) bond motifs is 2. The van der Waals surface area contributed by atoms with E-state index < -0.39 is 21.5 Å². The minimum Gasteiger partial charge on any atom is -0.445 e. The van der Waals surface area contributed by atoms with Crippen LogP contribution >= 0.6 is 15.9 Å². The van der Waals surface area contributed by atoms with Crippen molar-refractivity contribution in [1.82, 2.24) is 10.3 Å². The molecule has 0 saturated carbocycles. The highest BCUT2D eigenvalue weighted by Gasteiger charge is 2.49. The molecule has 2 aliphatic rings. The number of hydrogen-bond donors (Lipinski definition) is 4. The van der Waals surface area contributed by atoms with Crippen LogP contribution in [0.15, 0.2) is 20.7 Å². The Morgan fingerprint density at radius 2 is 2.29 bits per heavy atom. The molecule has 12 heteroatoms. The molecule has 1 aromatic rings. The van der Waals surface area contributed by atoms with Crippen molar-refractivity contribution in [1.29, 1.82) is 0 Å². The van der Waals surface area contributed by atoms with E-state index in [1.165, 1.54) is 0 Å². The number of rotatable bonds is 3. The van der Waals surface area contributed by atoms with E-state index in [0.29, 0.717) is 23.1 Å². The van der Waals surface area contributed by atoms with Crippen LogP contribution in [-0.2, 0) is 20.5 Å². The number of halogens is 1. The monoisotopic (exact) mass is 419 g/mol. The van der Waals surface area contributed by atoms with Crippen LogP contribution < -0.4 is 11.1 Å². The summed E-state index contributed by atoms with van der Waals surface area (Å²) in [6.45, 7) is 0.0808. The van der Waals surface area contributed by atoms with Gasteiger partial charge in [-0.15, -0.1) is 0 Å². The quantitative estimate of drug-likeness (QED) is 0.493. The number of aliphatic imine (C=N–C) groups is 2. The molecule has 5 N–H and O–H groups in total. The topological polar surface area (TPSA) is 159 Å². The summed E-state index contributed by atoms with van der Waals surface area (Å²) in [5.41, 5.74) is 5.28. The number of amidine groups is 2. The average Bonchev–Trinajstić information content (AvgIpc) is 2.96. The van der Waals surface area contributed by atoms with Gasteiger partial charge in [-0.05, 0) is 22.0 Å². The maximum absolute atomic E-state index is 12.2. The normalized spacial score (nSPS) is 25.2. The number of hydrogen-bond acceptors (Lipinski definition) is 6. The van der Waals surface area contributed by atoms with Gasteiger partial charge in [0.2, 0.25) is 0 Å². The molecule has 0 bridgehead atoms. The summed E-state index contributed by atoms with van der Waals surface area (Å²) in [6.07, 6.45) is 0.310. The highest BCUT2D eigenvalue weighted by Crippen LogP contribution is 2.40. The van der Waals surface area contributed by atoms with Crippen LogP contribution in [0.3, 0.4) is 0 Å². The number of H-pyrrole nitrogens is 1. The minimum atomic E-state index is -4.15. The fraction of sp³-hybridized carbons (Fsp3) is 0.417. The third kappa shape index (κ3) is 3.03. The lowest BCUT2D eigenvalue weighted by Gasteiger charge is -2.26. The molecule has 3 heterocycles. The number of nitrogens with one attached hydrogen (secondary N) is 2. The molecule has 0 aromatic carbocycles. The smallest absolute Gasteiger partial charge is 0.289 e. The molecular weight excluding hydrogens is 406 g/mol. The molecule has 10 nitrogen and oxygen atoms in total. The lowest BCUT2D eigenvalue weighted by atomic mass is 9.90. The van der Waals surface area contributed by atoms with Crippen molar-refractivity contribution < 1.29 is 22.5 Å². The van der Waals surface area contributed by atoms with Crippen LogP contribution in [0.25, 0.3) is 0 Å². The Hall–Kier alpha value is -1.92. The van der Waals surface area contributed by atoms with Crippen LogP contribution in [0.1, 0.15) is 22.5 Å². The number of aromatic nitrogens is 1. The molecule has 1 aromatic heterocycles. The van der Waals surface area contributed by atoms with Crippen LogP contribution in [-0.4, -0.2) is 54.6 Å². The van der Waals surface area contributed by atoms with E-state index in [1.807, 2.05) is 0 Å². The van der Waals surface area contributed by atoms with E-state index in [9.17, 15) is 13.2 Å². The zero-order valence-electron chi connectivity index (χ0n) is 12.2. The lowest BCUT2D eigenvalue weighted by molar-refractivity contribution is 0.0950. The van der Waals surface area contributed by atoms with Gasteiger partial charge in [-0.2, -0.15) is 13.4 Å². The zero-order valence-corrected chi connectivity index (χ0v) is 14.6. The molecule has 0 fully saturated rings. The van der Waals surface area contributed by atoms with Crippen molar-refractivity contribution in [2.24, 2.45) is 15.7 Å². The van der Waals surface area contributed by atoms with E-state index in [-0.39, 0.29) is 30.0 Å². The largest absolute Gasteiger partial charge is 0.445 e. The van der Waals surface area contributed by atoms with Crippen LogP contribution in [0.4, 0.5) is 0 Å². The van der Waals surface area contributed by atoms with Gasteiger partial charge in [0, 0.05) is 18.5 Å². The Labute approximate surface area is 145 Å². The van der Waals surface area contributed by atoms with Crippen LogP contribution in [0, 0.1) is 0 Å². The molecule has 2 aliphatic heterocycles. The molecule has 1 amide bonds. The minimum absolute atomic E-state index is 0.127. The number of nitrogens with zero attached hydrogens (tertiary/aromatic N) is 2. The summed E-state index contributed by atoms with van der Waals surface area (Å²) >= 11 is 3.28. The van der Waals surface area contributed by atoms with E-state index >= 15 is 0 Å². The van der Waals surface area contributed by atoms with Gasteiger partial charge in [0.15, 0.2) is 11.4 Å². The summed E-state index contributed by atoms with van der Waals surface area (Å²) in [5.74, 6) is -0.699. The van der Waals surface area contributed by atoms with Crippen molar-refractivity contribution in [3.8, 4) is 0 Å². The lowest BCUT2D eigenvalue weighted by Crippen LogP contribution is -2.37. The third-order valence-electron chi connectivity index (χ3n) is 3.68. The Morgan fingerprint density at radius 1 is 1.54 bits per heavy atom. The molecule has 1 spiro atoms. The van der Waals surface area contributed by atoms with E-state index in [0.717, 1.165) is 0 Å². The van der Waals surface area contributed by atoms with Crippen molar-refractivity contribution in [2.75, 3.05) is 18.8 Å². The molecular formula is C12H14BrN5O5S. The number of ether oxygens (including phenoxy) is 1. The highest BCUT2D eigenvalue weighted by molar-refractivity contribution is 9.10. The van der Waals surface area contributed by atoms with Crippen LogP contribution in [0.2, 0.25) is 0 Å². The molecule has 130 valence electrons. The summed E-state index contributed by atoms with van der Waals surface area (Å²) in [6, 6.07) is 1.55. The van der Waals surface area contributed by atoms with Gasteiger partial charge in [-0.1, -0.05) is 0 Å². The van der Waals surface area contributed by atoms with Crippen LogP contribution in [0.5, 0.6) is 0 Å². The third-order valence-corrected chi connectivity index (χ3v) is 4.80. The molecule has 0 radical (unpaired) electrons. The van der Waals surface area contributed by atoms with E-state index in [1.54, 1.807) is 6.07 Å². The van der Waals surface area contributed by atoms with Gasteiger partial charge in [0.05, 0.1) is 16.9 Å². The van der Waals surface area contributed by atoms with Gasteiger partial charge < -0.3 is 20.8 Å². The first-order valence-corrected chi connectivity index (χ1v) is 9.32. The molecule has 24 heavy (non-hydrogen) atoms. The Bertz CT molecular complexity index is 861. The fourth-order valence-electron chi connectivity index (χ4n) is 2.70. The first-order valence-electron chi connectivity index (χ1n) is 6.92. The SMILES string of the molecule is NC1=NC(=NCCS(=O)(=O)O)[C@]2(CCNC(=O)c3[nH]c(Br)cc32)O1. The van der Waals surface area contributed by atoms with Gasteiger partial charge in [0.1, 0.15) is 5.69 Å². The first kappa shape index (κ1) is 16.9. The second-order valence-electron chi connectivity index (χ2n) is 5.28. The second-order valence-corrected chi connectivity index (χ2v) is 7.71. The average molecular weight is 420 g/mol. The van der Waals surface area contributed by atoms with Crippen molar-refractivity contribution >= 4 is 43.8 Å². The Morgan fingerprint density at radius 3 is 3.00 bits per heavy atom. The summed E-state index contributed by atoms with van der Waals surface area (Å²) in [4.78, 5) is 23.2. The standard InChI is InChI=1S/C12H14BrN5O5S/c13-7-5-6-8(17-7)9(19)15-2-1-12(6)10(18-11(14)23-12)16-3-4-24(20,21)22/h5,17H,1-4H2,(H,15,19)(H2,14,16,18)(H,20,21,22)/t12-/m1/s1. The molecule has 0 saturated heterocycles. The predicted molar refractivity (Wildman–Crippen MR) is 88.5 cm³/mol. The first-order chi connectivity index (χ1) is 11.2. The van der Waals surface area contributed by atoms with Crippen molar-refractivity contribution in [2.45, 2.75) is 12.0 Å². The van der Waals surface area contributed by atoms with Crippen molar-refractivity contribution in [3.05, 3.63) is 21.9 Å². The Balaban J connectivity index is 2.05. The molecule has 0 aliphatic carbocycles. The molecule has 3 rings (SSSR count). The van der Waals surface area contributed by atoms with E-state index in [2.05, 4.69) is 36.2 Å². The Kier molecular flexibility index (Phi) is 4.13. The predicted octanol–water partition coefficient (Wildman–Crippen LogP) is -0.263. The van der Waals surface area contributed by atoms with E-state index in [4.69, 9.17) is 15.0 Å². The van der Waals surface area contributed by atoms with Gasteiger partial charge in [0.25, 0.3) is 22.0 Å².